The molecule has 1 aromatic rings. The molecule has 20 heavy (non-hydrogen) atoms. The van der Waals surface area contributed by atoms with Crippen molar-refractivity contribution in [2.24, 2.45) is 0 Å². The van der Waals surface area contributed by atoms with Gasteiger partial charge in [0.25, 0.3) is 0 Å². The third-order valence-corrected chi connectivity index (χ3v) is 5.29. The van der Waals surface area contributed by atoms with Crippen LogP contribution in [0.1, 0.15) is 19.8 Å². The third kappa shape index (κ3) is 3.30. The molecule has 1 aliphatic rings. The minimum atomic E-state index is -3.35. The maximum absolute atomic E-state index is 12.4. The van der Waals surface area contributed by atoms with E-state index >= 15 is 0 Å². The maximum Gasteiger partial charge on any atom is 0.317 e. The molecular weight excluding hydrogens is 276 g/mol. The molecule has 1 unspecified atom stereocenters. The summed E-state index contributed by atoms with van der Waals surface area (Å²) >= 11 is 0. The summed E-state index contributed by atoms with van der Waals surface area (Å²) in [5.74, 6) is -0.00581. The second kappa shape index (κ2) is 6.26. The van der Waals surface area contributed by atoms with E-state index in [2.05, 4.69) is 5.32 Å². The van der Waals surface area contributed by atoms with Crippen LogP contribution in [0.4, 0.5) is 4.79 Å². The average Bonchev–Trinajstić information content (AvgIpc) is 2.87. The van der Waals surface area contributed by atoms with E-state index in [9.17, 15) is 13.2 Å². The van der Waals surface area contributed by atoms with Crippen molar-refractivity contribution in [1.29, 1.82) is 0 Å². The smallest absolute Gasteiger partial charge is 0.317 e. The summed E-state index contributed by atoms with van der Waals surface area (Å²) in [5.41, 5.74) is 0. The molecule has 6 heteroatoms. The van der Waals surface area contributed by atoms with Crippen molar-refractivity contribution < 1.29 is 13.2 Å². The first-order chi connectivity index (χ1) is 9.54. The fourth-order valence-electron chi connectivity index (χ4n) is 2.51. The lowest BCUT2D eigenvalue weighted by atomic mass is 10.2. The molecule has 1 saturated heterocycles. The first-order valence-corrected chi connectivity index (χ1v) is 8.52. The number of carbonyl (C=O) groups excluding carboxylic acids is 1. The molecule has 1 atom stereocenters. The number of urea groups is 1. The Labute approximate surface area is 119 Å². The van der Waals surface area contributed by atoms with Crippen LogP contribution in [0.5, 0.6) is 0 Å². The number of hydrogen-bond donors (Lipinski definition) is 1. The molecule has 2 amide bonds. The van der Waals surface area contributed by atoms with Gasteiger partial charge in [-0.15, -0.1) is 0 Å². The third-order valence-electron chi connectivity index (χ3n) is 3.48. The Morgan fingerprint density at radius 2 is 2.05 bits per heavy atom. The van der Waals surface area contributed by atoms with Gasteiger partial charge in [-0.05, 0) is 31.9 Å². The normalized spacial score (nSPS) is 19.1. The lowest BCUT2D eigenvalue weighted by Crippen LogP contribution is -2.45. The molecule has 0 saturated carbocycles. The molecular formula is C14H20N2O3S. The van der Waals surface area contributed by atoms with E-state index in [1.54, 1.807) is 35.2 Å². The maximum atomic E-state index is 12.4. The van der Waals surface area contributed by atoms with E-state index in [1.807, 2.05) is 6.92 Å². The second-order valence-electron chi connectivity index (χ2n) is 4.92. The van der Waals surface area contributed by atoms with Crippen LogP contribution in [0, 0.1) is 0 Å². The average molecular weight is 296 g/mol. The number of benzene rings is 1. The summed E-state index contributed by atoms with van der Waals surface area (Å²) < 4.78 is 24.7. The van der Waals surface area contributed by atoms with Crippen LogP contribution in [0.25, 0.3) is 0 Å². The fraction of sp³-hybridized carbons (Fsp3) is 0.500. The van der Waals surface area contributed by atoms with Crippen molar-refractivity contribution in [2.45, 2.75) is 30.7 Å². The Balaban J connectivity index is 2.11. The molecule has 0 radical (unpaired) electrons. The quantitative estimate of drug-likeness (QED) is 0.919. The molecule has 0 aromatic heterocycles. The van der Waals surface area contributed by atoms with Crippen molar-refractivity contribution >= 4 is 15.9 Å². The first-order valence-electron chi connectivity index (χ1n) is 6.87. The van der Waals surface area contributed by atoms with Gasteiger partial charge in [-0.25, -0.2) is 13.2 Å². The zero-order valence-corrected chi connectivity index (χ0v) is 12.4. The summed E-state index contributed by atoms with van der Waals surface area (Å²) in [7, 11) is -3.35. The van der Waals surface area contributed by atoms with Gasteiger partial charge in [0, 0.05) is 19.1 Å². The number of sulfone groups is 1. The highest BCUT2D eigenvalue weighted by Gasteiger charge is 2.32. The van der Waals surface area contributed by atoms with Gasteiger partial charge in [-0.2, -0.15) is 0 Å². The lowest BCUT2D eigenvalue weighted by Gasteiger charge is -2.24. The number of amides is 2. The zero-order valence-electron chi connectivity index (χ0n) is 11.6. The molecule has 1 N–H and O–H groups in total. The topological polar surface area (TPSA) is 66.5 Å². The predicted molar refractivity (Wildman–Crippen MR) is 77.3 cm³/mol. The van der Waals surface area contributed by atoms with Gasteiger partial charge >= 0.3 is 6.03 Å². The van der Waals surface area contributed by atoms with Gasteiger partial charge in [-0.1, -0.05) is 18.2 Å². The summed E-state index contributed by atoms with van der Waals surface area (Å²) in [6.07, 6.45) is 1.59. The van der Waals surface area contributed by atoms with E-state index in [-0.39, 0.29) is 17.8 Å². The van der Waals surface area contributed by atoms with Crippen LogP contribution in [0.15, 0.2) is 35.2 Å². The zero-order chi connectivity index (χ0) is 14.6. The number of carbonyl (C=O) groups is 1. The molecule has 1 heterocycles. The molecule has 110 valence electrons. The highest BCUT2D eigenvalue weighted by Crippen LogP contribution is 2.22. The van der Waals surface area contributed by atoms with E-state index < -0.39 is 9.84 Å². The highest BCUT2D eigenvalue weighted by atomic mass is 32.2. The van der Waals surface area contributed by atoms with Gasteiger partial charge in [-0.3, -0.25) is 0 Å². The summed E-state index contributed by atoms with van der Waals surface area (Å²) in [6, 6.07) is 8.01. The molecule has 0 aliphatic carbocycles. The first kappa shape index (κ1) is 14.8. The molecule has 1 aromatic carbocycles. The van der Waals surface area contributed by atoms with Crippen molar-refractivity contribution in [2.75, 3.05) is 18.8 Å². The number of nitrogens with zero attached hydrogens (tertiary/aromatic N) is 1. The van der Waals surface area contributed by atoms with Gasteiger partial charge in [0.05, 0.1) is 10.6 Å². The predicted octanol–water partition coefficient (Wildman–Crippen LogP) is 1.65. The Kier molecular flexibility index (Phi) is 4.65. The Morgan fingerprint density at radius 3 is 2.70 bits per heavy atom. The minimum Gasteiger partial charge on any atom is -0.338 e. The van der Waals surface area contributed by atoms with E-state index in [1.165, 1.54) is 0 Å². The van der Waals surface area contributed by atoms with Crippen molar-refractivity contribution in [3.05, 3.63) is 30.3 Å². The monoisotopic (exact) mass is 296 g/mol. The van der Waals surface area contributed by atoms with Crippen LogP contribution in [0.3, 0.4) is 0 Å². The summed E-state index contributed by atoms with van der Waals surface area (Å²) in [4.78, 5) is 13.9. The van der Waals surface area contributed by atoms with E-state index in [0.717, 1.165) is 12.8 Å². The van der Waals surface area contributed by atoms with Crippen molar-refractivity contribution in [3.8, 4) is 0 Å². The number of rotatable bonds is 4. The molecule has 1 aliphatic heterocycles. The minimum absolute atomic E-state index is 0.00581. The highest BCUT2D eigenvalue weighted by molar-refractivity contribution is 7.91. The van der Waals surface area contributed by atoms with Crippen LogP contribution in [-0.2, 0) is 9.84 Å². The van der Waals surface area contributed by atoms with Gasteiger partial charge in [0.1, 0.15) is 0 Å². The van der Waals surface area contributed by atoms with E-state index in [0.29, 0.717) is 18.0 Å². The van der Waals surface area contributed by atoms with Crippen LogP contribution in [-0.4, -0.2) is 44.2 Å². The molecule has 0 bridgehead atoms. The Hall–Kier alpha value is -1.56. The SMILES string of the molecule is CCNC(=O)N1CCCC1CS(=O)(=O)c1ccccc1. The largest absolute Gasteiger partial charge is 0.338 e. The van der Waals surface area contributed by atoms with Gasteiger partial charge < -0.3 is 10.2 Å². The second-order valence-corrected chi connectivity index (χ2v) is 6.95. The van der Waals surface area contributed by atoms with Crippen LogP contribution in [0.2, 0.25) is 0 Å². The fourth-order valence-corrected chi connectivity index (χ4v) is 4.12. The van der Waals surface area contributed by atoms with E-state index in [4.69, 9.17) is 0 Å². The lowest BCUT2D eigenvalue weighted by molar-refractivity contribution is 0.197. The molecule has 2 rings (SSSR count). The van der Waals surface area contributed by atoms with Gasteiger partial charge in [0.2, 0.25) is 0 Å². The number of nitrogens with one attached hydrogen (secondary N) is 1. The molecule has 5 nitrogen and oxygen atoms in total. The molecule has 1 fully saturated rings. The van der Waals surface area contributed by atoms with Crippen molar-refractivity contribution in [3.63, 3.8) is 0 Å². The standard InChI is InChI=1S/C14H20N2O3S/c1-2-15-14(17)16-10-6-7-12(16)11-20(18,19)13-8-4-3-5-9-13/h3-5,8-9,12H,2,6-7,10-11H2,1H3,(H,15,17). The van der Waals surface area contributed by atoms with Crippen LogP contribution < -0.4 is 5.32 Å². The summed E-state index contributed by atoms with van der Waals surface area (Å²) in [5, 5.41) is 2.74. The van der Waals surface area contributed by atoms with Gasteiger partial charge in [0.15, 0.2) is 9.84 Å². The number of likely N-dealkylation sites (tertiary alicyclic amines) is 1. The van der Waals surface area contributed by atoms with Crippen LogP contribution >= 0.6 is 0 Å². The Morgan fingerprint density at radius 1 is 1.35 bits per heavy atom. The number of hydrogen-bond acceptors (Lipinski definition) is 3. The summed E-state index contributed by atoms with van der Waals surface area (Å²) in [6.45, 7) is 3.03. The molecule has 0 spiro atoms. The Bertz CT molecular complexity index is 557. The van der Waals surface area contributed by atoms with Crippen molar-refractivity contribution in [1.82, 2.24) is 10.2 Å².